The van der Waals surface area contributed by atoms with Gasteiger partial charge in [0.05, 0.1) is 18.5 Å². The van der Waals surface area contributed by atoms with Crippen molar-refractivity contribution >= 4 is 0 Å². The van der Waals surface area contributed by atoms with E-state index in [1.54, 1.807) is 17.5 Å². The molecule has 0 amide bonds. The van der Waals surface area contributed by atoms with Crippen LogP contribution in [-0.2, 0) is 0 Å². The Morgan fingerprint density at radius 1 is 1.50 bits per heavy atom. The average molecular weight is 168 g/mol. The van der Waals surface area contributed by atoms with Crippen molar-refractivity contribution in [3.63, 3.8) is 0 Å². The van der Waals surface area contributed by atoms with Crippen molar-refractivity contribution in [2.45, 2.75) is 12.1 Å². The Labute approximate surface area is 70.4 Å². The van der Waals surface area contributed by atoms with E-state index < -0.39 is 0 Å². The lowest BCUT2D eigenvalue weighted by atomic mass is 10.2. The molecule has 2 rings (SSSR count). The molecule has 1 fully saturated rings. The van der Waals surface area contributed by atoms with E-state index in [-0.39, 0.29) is 12.1 Å². The second kappa shape index (κ2) is 2.85. The number of nitrogens with two attached hydrogens (primary N) is 1. The van der Waals surface area contributed by atoms with E-state index in [0.29, 0.717) is 13.1 Å². The summed E-state index contributed by atoms with van der Waals surface area (Å²) in [5.74, 6) is 5.56. The standard InChI is InChI=1S/C7H12N4O/c8-11-3-6(7(12)4-11)10-2-1-9-5-10/h1-2,5-7,12H,3-4,8H2/t6-,7+/m1/s1. The molecule has 1 aromatic heterocycles. The Hall–Kier alpha value is -0.910. The first-order valence-electron chi connectivity index (χ1n) is 3.92. The number of aliphatic hydroxyl groups excluding tert-OH is 1. The molecule has 0 spiro atoms. The SMILES string of the molecule is NN1C[C@@H](n2ccnc2)[C@@H](O)C1. The molecule has 0 unspecified atom stereocenters. The summed E-state index contributed by atoms with van der Waals surface area (Å²) in [5, 5.41) is 11.2. The third kappa shape index (κ3) is 1.22. The number of imidazole rings is 1. The van der Waals surface area contributed by atoms with Crippen LogP contribution in [0.3, 0.4) is 0 Å². The second-order valence-electron chi connectivity index (χ2n) is 3.10. The summed E-state index contributed by atoms with van der Waals surface area (Å²) >= 11 is 0. The monoisotopic (exact) mass is 168 g/mol. The minimum atomic E-state index is -0.385. The van der Waals surface area contributed by atoms with Gasteiger partial charge < -0.3 is 9.67 Å². The molecule has 5 nitrogen and oxygen atoms in total. The highest BCUT2D eigenvalue weighted by Crippen LogP contribution is 2.18. The summed E-state index contributed by atoms with van der Waals surface area (Å²) in [5.41, 5.74) is 0. The lowest BCUT2D eigenvalue weighted by Gasteiger charge is -2.13. The van der Waals surface area contributed by atoms with Gasteiger partial charge in [-0.2, -0.15) is 0 Å². The highest BCUT2D eigenvalue weighted by Gasteiger charge is 2.30. The summed E-state index contributed by atoms with van der Waals surface area (Å²) in [7, 11) is 0. The molecule has 1 aliphatic rings. The Balaban J connectivity index is 2.15. The van der Waals surface area contributed by atoms with Gasteiger partial charge in [0.25, 0.3) is 0 Å². The van der Waals surface area contributed by atoms with Crippen LogP contribution in [0.25, 0.3) is 0 Å². The fraction of sp³-hybridized carbons (Fsp3) is 0.571. The molecule has 0 bridgehead atoms. The van der Waals surface area contributed by atoms with Gasteiger partial charge in [0, 0.05) is 25.5 Å². The average Bonchev–Trinajstić information content (AvgIpc) is 2.58. The van der Waals surface area contributed by atoms with E-state index in [9.17, 15) is 5.11 Å². The molecule has 2 heterocycles. The van der Waals surface area contributed by atoms with Gasteiger partial charge >= 0.3 is 0 Å². The van der Waals surface area contributed by atoms with E-state index >= 15 is 0 Å². The van der Waals surface area contributed by atoms with Crippen molar-refractivity contribution in [1.29, 1.82) is 0 Å². The van der Waals surface area contributed by atoms with E-state index in [1.807, 2.05) is 10.8 Å². The van der Waals surface area contributed by atoms with Crippen LogP contribution in [0.15, 0.2) is 18.7 Å². The maximum atomic E-state index is 9.56. The van der Waals surface area contributed by atoms with Gasteiger partial charge in [0.1, 0.15) is 0 Å². The normalized spacial score (nSPS) is 31.2. The minimum absolute atomic E-state index is 0.0532. The molecule has 5 heteroatoms. The van der Waals surface area contributed by atoms with E-state index in [0.717, 1.165) is 0 Å². The lowest BCUT2D eigenvalue weighted by molar-refractivity contribution is 0.144. The zero-order valence-electron chi connectivity index (χ0n) is 6.67. The molecule has 0 saturated carbocycles. The molecule has 12 heavy (non-hydrogen) atoms. The van der Waals surface area contributed by atoms with Gasteiger partial charge in [-0.15, -0.1) is 0 Å². The topological polar surface area (TPSA) is 67.3 Å². The third-order valence-electron chi connectivity index (χ3n) is 2.20. The molecule has 0 radical (unpaired) electrons. The zero-order chi connectivity index (χ0) is 8.55. The number of β-amino-alcohol motifs (C(OH)–C–C–N with tert-alkyl or cyclic N) is 1. The van der Waals surface area contributed by atoms with E-state index in [1.165, 1.54) is 0 Å². The van der Waals surface area contributed by atoms with Crippen LogP contribution >= 0.6 is 0 Å². The number of hydrazine groups is 1. The summed E-state index contributed by atoms with van der Waals surface area (Å²) < 4.78 is 1.89. The second-order valence-corrected chi connectivity index (χ2v) is 3.10. The van der Waals surface area contributed by atoms with Gasteiger partial charge in [-0.3, -0.25) is 5.84 Å². The van der Waals surface area contributed by atoms with Crippen LogP contribution in [0.4, 0.5) is 0 Å². The first-order valence-corrected chi connectivity index (χ1v) is 3.92. The largest absolute Gasteiger partial charge is 0.390 e. The summed E-state index contributed by atoms with van der Waals surface area (Å²) in [6.07, 6.45) is 4.86. The van der Waals surface area contributed by atoms with Gasteiger partial charge in [-0.1, -0.05) is 0 Å². The van der Waals surface area contributed by atoms with Crippen LogP contribution in [0.2, 0.25) is 0 Å². The fourth-order valence-electron chi connectivity index (χ4n) is 1.56. The smallest absolute Gasteiger partial charge is 0.0949 e. The number of aliphatic hydroxyl groups is 1. The van der Waals surface area contributed by atoms with Crippen molar-refractivity contribution < 1.29 is 5.11 Å². The van der Waals surface area contributed by atoms with Crippen molar-refractivity contribution in [3.8, 4) is 0 Å². The molecule has 1 aromatic rings. The Morgan fingerprint density at radius 3 is 2.83 bits per heavy atom. The van der Waals surface area contributed by atoms with Crippen molar-refractivity contribution in [2.24, 2.45) is 5.84 Å². The van der Waals surface area contributed by atoms with Crippen molar-refractivity contribution in [1.82, 2.24) is 14.6 Å². The lowest BCUT2D eigenvalue weighted by Crippen LogP contribution is -2.28. The highest BCUT2D eigenvalue weighted by atomic mass is 16.3. The number of aromatic nitrogens is 2. The quantitative estimate of drug-likeness (QED) is 0.526. The number of hydrogen-bond donors (Lipinski definition) is 2. The Morgan fingerprint density at radius 2 is 2.33 bits per heavy atom. The molecular formula is C7H12N4O. The maximum absolute atomic E-state index is 9.56. The van der Waals surface area contributed by atoms with Crippen LogP contribution in [-0.4, -0.2) is 38.9 Å². The minimum Gasteiger partial charge on any atom is -0.390 e. The summed E-state index contributed by atoms with van der Waals surface area (Å²) in [6.45, 7) is 1.21. The molecule has 3 N–H and O–H groups in total. The van der Waals surface area contributed by atoms with Gasteiger partial charge in [-0.25, -0.2) is 9.99 Å². The molecular weight excluding hydrogens is 156 g/mol. The van der Waals surface area contributed by atoms with Gasteiger partial charge in [-0.05, 0) is 0 Å². The predicted molar refractivity (Wildman–Crippen MR) is 43.0 cm³/mol. The van der Waals surface area contributed by atoms with Crippen LogP contribution < -0.4 is 5.84 Å². The van der Waals surface area contributed by atoms with Crippen LogP contribution in [0, 0.1) is 0 Å². The number of rotatable bonds is 1. The fourth-order valence-corrected chi connectivity index (χ4v) is 1.56. The number of nitrogens with zero attached hydrogens (tertiary/aromatic N) is 3. The van der Waals surface area contributed by atoms with E-state index in [2.05, 4.69) is 4.98 Å². The first kappa shape index (κ1) is 7.72. The Kier molecular flexibility index (Phi) is 1.84. The third-order valence-corrected chi connectivity index (χ3v) is 2.20. The molecule has 0 aliphatic carbocycles. The van der Waals surface area contributed by atoms with E-state index in [4.69, 9.17) is 5.84 Å². The summed E-state index contributed by atoms with van der Waals surface area (Å²) in [6, 6.07) is 0.0532. The molecule has 66 valence electrons. The van der Waals surface area contributed by atoms with Crippen LogP contribution in [0.1, 0.15) is 6.04 Å². The van der Waals surface area contributed by atoms with Gasteiger partial charge in [0.2, 0.25) is 0 Å². The molecule has 1 saturated heterocycles. The summed E-state index contributed by atoms with van der Waals surface area (Å²) in [4.78, 5) is 3.92. The molecule has 1 aliphatic heterocycles. The first-order chi connectivity index (χ1) is 5.77. The number of hydrogen-bond acceptors (Lipinski definition) is 4. The van der Waals surface area contributed by atoms with Crippen molar-refractivity contribution in [3.05, 3.63) is 18.7 Å². The van der Waals surface area contributed by atoms with Crippen molar-refractivity contribution in [2.75, 3.05) is 13.1 Å². The highest BCUT2D eigenvalue weighted by molar-refractivity contribution is 4.90. The zero-order valence-corrected chi connectivity index (χ0v) is 6.67. The molecule has 2 atom stereocenters. The van der Waals surface area contributed by atoms with Gasteiger partial charge in [0.15, 0.2) is 0 Å². The van der Waals surface area contributed by atoms with Crippen LogP contribution in [0.5, 0.6) is 0 Å². The Bertz CT molecular complexity index is 248. The molecule has 0 aromatic carbocycles. The predicted octanol–water partition coefficient (Wildman–Crippen LogP) is -1.03. The maximum Gasteiger partial charge on any atom is 0.0949 e.